The molecule has 1 heterocycles. The number of nitrogens with zero attached hydrogens (tertiary/aromatic N) is 2. The van der Waals surface area contributed by atoms with Gasteiger partial charge in [-0.1, -0.05) is 42.5 Å². The normalized spacial score (nSPS) is 11.2. The van der Waals surface area contributed by atoms with E-state index < -0.39 is 5.60 Å². The largest absolute Gasteiger partial charge is 1.00 e. The summed E-state index contributed by atoms with van der Waals surface area (Å²) >= 11 is 0. The molecule has 132 valence electrons. The summed E-state index contributed by atoms with van der Waals surface area (Å²) in [6.07, 6.45) is 1.99. The van der Waals surface area contributed by atoms with Gasteiger partial charge in [0.15, 0.2) is 17.6 Å². The van der Waals surface area contributed by atoms with Crippen LogP contribution in [0.25, 0.3) is 11.0 Å². The first-order valence-electron chi connectivity index (χ1n) is 8.15. The Balaban J connectivity index is 0.00000225. The Labute approximate surface area is 158 Å². The molecule has 0 atom stereocenters. The van der Waals surface area contributed by atoms with Crippen molar-refractivity contribution in [2.24, 2.45) is 0 Å². The third kappa shape index (κ3) is 4.92. The molecule has 5 heteroatoms. The van der Waals surface area contributed by atoms with Gasteiger partial charge in [0.1, 0.15) is 12.1 Å². The Morgan fingerprint density at radius 3 is 2.36 bits per heavy atom. The molecule has 0 aliphatic heterocycles. The minimum Gasteiger partial charge on any atom is -1.00 e. The number of hydrogen-bond acceptors (Lipinski definition) is 2. The molecule has 1 aromatic heterocycles. The number of rotatable bonds is 4. The van der Waals surface area contributed by atoms with Crippen LogP contribution < -0.4 is 21.5 Å². The molecule has 4 nitrogen and oxygen atoms in total. The molecule has 0 spiro atoms. The first-order valence-corrected chi connectivity index (χ1v) is 8.15. The summed E-state index contributed by atoms with van der Waals surface area (Å²) in [5.74, 6) is -0.227. The summed E-state index contributed by atoms with van der Waals surface area (Å²) in [5, 5.41) is 0. The fourth-order valence-electron chi connectivity index (χ4n) is 2.79. The van der Waals surface area contributed by atoms with E-state index in [0.717, 1.165) is 17.6 Å². The molecule has 0 aliphatic carbocycles. The van der Waals surface area contributed by atoms with Crippen LogP contribution >= 0.6 is 0 Å². The highest BCUT2D eigenvalue weighted by molar-refractivity contribution is 5.76. The molecule has 0 saturated carbocycles. The van der Waals surface area contributed by atoms with E-state index in [2.05, 4.69) is 22.8 Å². The predicted octanol–water partition coefficient (Wildman–Crippen LogP) is 0.323. The van der Waals surface area contributed by atoms with Crippen molar-refractivity contribution in [3.63, 3.8) is 0 Å². The number of benzene rings is 2. The van der Waals surface area contributed by atoms with Gasteiger partial charge < -0.3 is 21.7 Å². The number of carbonyl (C=O) groups excluding carboxylic acids is 1. The molecule has 0 amide bonds. The smallest absolute Gasteiger partial charge is 0.349 e. The zero-order chi connectivity index (χ0) is 17.2. The minimum absolute atomic E-state index is 0. The fraction of sp³-hybridized carbons (Fsp3) is 0.300. The molecule has 3 aromatic rings. The Hall–Kier alpha value is -2.14. The molecule has 3 rings (SSSR count). The summed E-state index contributed by atoms with van der Waals surface area (Å²) in [5.41, 5.74) is 2.88. The number of carbonyl (C=O) groups is 1. The molecule has 0 fully saturated rings. The Bertz CT molecular complexity index is 851. The first-order chi connectivity index (χ1) is 11.4. The summed E-state index contributed by atoms with van der Waals surface area (Å²) in [6, 6.07) is 18.4. The molecule has 0 bridgehead atoms. The third-order valence-electron chi connectivity index (χ3n) is 3.69. The molecule has 0 unspecified atom stereocenters. The van der Waals surface area contributed by atoms with Crippen LogP contribution in [0.4, 0.5) is 0 Å². The SMILES string of the molecule is CC(C)(C)OC(=O)Cn1c[n+](Cc2ccccc2)c2ccccc21.[Br-]. The second-order valence-corrected chi connectivity index (χ2v) is 6.93. The van der Waals surface area contributed by atoms with Crippen molar-refractivity contribution in [1.29, 1.82) is 0 Å². The molecule has 2 aromatic carbocycles. The number of ether oxygens (including phenoxy) is 1. The van der Waals surface area contributed by atoms with Crippen LogP contribution in [0.2, 0.25) is 0 Å². The fourth-order valence-corrected chi connectivity index (χ4v) is 2.79. The van der Waals surface area contributed by atoms with Crippen molar-refractivity contribution in [1.82, 2.24) is 4.57 Å². The van der Waals surface area contributed by atoms with E-state index in [9.17, 15) is 4.79 Å². The summed E-state index contributed by atoms with van der Waals surface area (Å²) in [4.78, 5) is 12.2. The van der Waals surface area contributed by atoms with Gasteiger partial charge in [0, 0.05) is 0 Å². The number of halogens is 1. The number of fused-ring (bicyclic) bond motifs is 1. The standard InChI is InChI=1S/C20H23N2O2.BrH/c1-20(2,3)24-19(23)14-22-15-21(13-16-9-5-4-6-10-16)17-11-7-8-12-18(17)22;/h4-12,15H,13-14H2,1-3H3;1H/q+1;/p-1. The monoisotopic (exact) mass is 402 g/mol. The topological polar surface area (TPSA) is 35.1 Å². The molecule has 0 aliphatic rings. The van der Waals surface area contributed by atoms with E-state index in [0.29, 0.717) is 0 Å². The van der Waals surface area contributed by atoms with E-state index in [1.54, 1.807) is 0 Å². The maximum Gasteiger partial charge on any atom is 0.349 e. The van der Waals surface area contributed by atoms with Gasteiger partial charge >= 0.3 is 5.97 Å². The van der Waals surface area contributed by atoms with Crippen LogP contribution in [-0.4, -0.2) is 16.1 Å². The molecule has 0 saturated heterocycles. The minimum atomic E-state index is -0.472. The lowest BCUT2D eigenvalue weighted by Gasteiger charge is -2.18. The second kappa shape index (κ2) is 7.83. The van der Waals surface area contributed by atoms with Crippen molar-refractivity contribution >= 4 is 17.0 Å². The van der Waals surface area contributed by atoms with Crippen LogP contribution in [0.5, 0.6) is 0 Å². The van der Waals surface area contributed by atoms with E-state index in [1.807, 2.05) is 68.1 Å². The number of imidazole rings is 1. The molecule has 0 N–H and O–H groups in total. The van der Waals surface area contributed by atoms with Gasteiger partial charge in [-0.25, -0.2) is 13.9 Å². The van der Waals surface area contributed by atoms with Gasteiger partial charge in [-0.05, 0) is 38.5 Å². The van der Waals surface area contributed by atoms with Crippen molar-refractivity contribution in [3.05, 3.63) is 66.5 Å². The number of hydrogen-bond donors (Lipinski definition) is 0. The van der Waals surface area contributed by atoms with Crippen LogP contribution in [0.1, 0.15) is 26.3 Å². The lowest BCUT2D eigenvalue weighted by atomic mass is 10.2. The van der Waals surface area contributed by atoms with Gasteiger partial charge in [0.25, 0.3) is 0 Å². The Kier molecular flexibility index (Phi) is 6.01. The number of aromatic nitrogens is 2. The predicted molar refractivity (Wildman–Crippen MR) is 93.5 cm³/mol. The Morgan fingerprint density at radius 1 is 1.04 bits per heavy atom. The van der Waals surface area contributed by atoms with Gasteiger partial charge in [-0.15, -0.1) is 0 Å². The highest BCUT2D eigenvalue weighted by atomic mass is 79.9. The lowest BCUT2D eigenvalue weighted by Crippen LogP contribution is -3.00. The summed E-state index contributed by atoms with van der Waals surface area (Å²) in [7, 11) is 0. The van der Waals surface area contributed by atoms with E-state index in [1.165, 1.54) is 5.56 Å². The number of esters is 1. The average molecular weight is 403 g/mol. The van der Waals surface area contributed by atoms with Crippen LogP contribution in [0, 0.1) is 0 Å². The molecule has 0 radical (unpaired) electrons. The zero-order valence-electron chi connectivity index (χ0n) is 14.8. The van der Waals surface area contributed by atoms with Gasteiger partial charge in [0.2, 0.25) is 6.33 Å². The van der Waals surface area contributed by atoms with E-state index in [4.69, 9.17) is 4.74 Å². The van der Waals surface area contributed by atoms with E-state index >= 15 is 0 Å². The summed E-state index contributed by atoms with van der Waals surface area (Å²) < 4.78 is 9.56. The first kappa shape index (κ1) is 19.2. The highest BCUT2D eigenvalue weighted by Gasteiger charge is 2.22. The van der Waals surface area contributed by atoms with Crippen LogP contribution in [0.15, 0.2) is 60.9 Å². The second-order valence-electron chi connectivity index (χ2n) is 6.93. The van der Waals surface area contributed by atoms with E-state index in [-0.39, 0.29) is 29.5 Å². The molecule has 25 heavy (non-hydrogen) atoms. The van der Waals surface area contributed by atoms with Crippen LogP contribution in [-0.2, 0) is 22.6 Å². The van der Waals surface area contributed by atoms with Gasteiger partial charge in [-0.2, -0.15) is 0 Å². The van der Waals surface area contributed by atoms with Crippen molar-refractivity contribution in [2.45, 2.75) is 39.5 Å². The highest BCUT2D eigenvalue weighted by Crippen LogP contribution is 2.13. The maximum atomic E-state index is 12.2. The maximum absolute atomic E-state index is 12.2. The lowest BCUT2D eigenvalue weighted by molar-refractivity contribution is -0.663. The number of para-hydroxylation sites is 2. The van der Waals surface area contributed by atoms with Crippen molar-refractivity contribution < 1.29 is 31.1 Å². The molecular weight excluding hydrogens is 380 g/mol. The van der Waals surface area contributed by atoms with Crippen molar-refractivity contribution in [3.8, 4) is 0 Å². The zero-order valence-corrected chi connectivity index (χ0v) is 16.4. The average Bonchev–Trinajstić information content (AvgIpc) is 2.85. The van der Waals surface area contributed by atoms with Crippen LogP contribution in [0.3, 0.4) is 0 Å². The Morgan fingerprint density at radius 2 is 1.68 bits per heavy atom. The van der Waals surface area contributed by atoms with Crippen molar-refractivity contribution in [2.75, 3.05) is 0 Å². The quantitative estimate of drug-likeness (QED) is 0.465. The van der Waals surface area contributed by atoms with Gasteiger partial charge in [-0.3, -0.25) is 0 Å². The third-order valence-corrected chi connectivity index (χ3v) is 3.69. The van der Waals surface area contributed by atoms with Gasteiger partial charge in [0.05, 0.1) is 0 Å². The summed E-state index contributed by atoms with van der Waals surface area (Å²) in [6.45, 7) is 6.62. The molecular formula is C20H23BrN2O2.